The van der Waals surface area contributed by atoms with E-state index in [1.807, 2.05) is 0 Å². The fourth-order valence-corrected chi connectivity index (χ4v) is 12.9. The van der Waals surface area contributed by atoms with E-state index in [-0.39, 0.29) is 34.7 Å². The molecule has 4 saturated carbocycles. The molecular weight excluding hydrogens is 776 g/mol. The minimum Gasteiger partial charge on any atom is -0.458 e. The first-order chi connectivity index (χ1) is 28.0. The molecular formula is C42H66O17. The maximum absolute atomic E-state index is 12.6. The Balaban J connectivity index is 0.857. The van der Waals surface area contributed by atoms with Crippen molar-refractivity contribution in [1.82, 2.24) is 0 Å². The molecule has 4 heterocycles. The number of cyclic esters (lactones) is 1. The van der Waals surface area contributed by atoms with Crippen molar-refractivity contribution in [1.29, 1.82) is 0 Å². The minimum atomic E-state index is -1.70. The van der Waals surface area contributed by atoms with Gasteiger partial charge in [-0.15, -0.1) is 0 Å². The van der Waals surface area contributed by atoms with E-state index in [2.05, 4.69) is 13.8 Å². The van der Waals surface area contributed by atoms with E-state index in [0.29, 0.717) is 24.9 Å². The van der Waals surface area contributed by atoms with Crippen LogP contribution >= 0.6 is 0 Å². The second kappa shape index (κ2) is 17.0. The quantitative estimate of drug-likeness (QED) is 0.105. The minimum absolute atomic E-state index is 0.0268. The third-order valence-electron chi connectivity index (χ3n) is 16.4. The molecule has 0 aromatic carbocycles. The van der Waals surface area contributed by atoms with Gasteiger partial charge in [0.15, 0.2) is 18.9 Å². The van der Waals surface area contributed by atoms with Gasteiger partial charge in [0.1, 0.15) is 61.5 Å². The van der Waals surface area contributed by atoms with E-state index < -0.39 is 105 Å². The number of fused-ring (bicyclic) bond motifs is 5. The maximum Gasteiger partial charge on any atom is 0.331 e. The molecule has 8 N–H and O–H groups in total. The molecule has 4 aliphatic heterocycles. The lowest BCUT2D eigenvalue weighted by Crippen LogP contribution is -2.63. The summed E-state index contributed by atoms with van der Waals surface area (Å²) in [4.78, 5) is 12.0. The molecule has 3 saturated heterocycles. The van der Waals surface area contributed by atoms with E-state index in [9.17, 15) is 45.6 Å². The normalized spacial score (nSPS) is 53.9. The first kappa shape index (κ1) is 44.2. The van der Waals surface area contributed by atoms with Crippen molar-refractivity contribution in [2.24, 2.45) is 34.5 Å². The summed E-state index contributed by atoms with van der Waals surface area (Å²) in [6.07, 6.45) is -7.54. The van der Waals surface area contributed by atoms with Crippen LogP contribution in [0.3, 0.4) is 0 Å². The van der Waals surface area contributed by atoms with Gasteiger partial charge in [0.2, 0.25) is 0 Å². The second-order valence-corrected chi connectivity index (χ2v) is 19.3. The molecule has 0 bridgehead atoms. The summed E-state index contributed by atoms with van der Waals surface area (Å²) in [5, 5.41) is 85.0. The second-order valence-electron chi connectivity index (χ2n) is 19.3. The summed E-state index contributed by atoms with van der Waals surface area (Å²) < 4.78 is 47.2. The average molecular weight is 843 g/mol. The van der Waals surface area contributed by atoms with E-state index in [1.165, 1.54) is 0 Å². The van der Waals surface area contributed by atoms with Crippen molar-refractivity contribution < 1.29 is 83.5 Å². The molecule has 4 aliphatic carbocycles. The Kier molecular flexibility index (Phi) is 12.7. The van der Waals surface area contributed by atoms with Crippen molar-refractivity contribution in [2.75, 3.05) is 26.9 Å². The third kappa shape index (κ3) is 7.64. The number of ether oxygens (including phenoxy) is 8. The van der Waals surface area contributed by atoms with Crippen LogP contribution in [0.5, 0.6) is 0 Å². The average Bonchev–Trinajstić information content (AvgIpc) is 3.77. The van der Waals surface area contributed by atoms with Gasteiger partial charge in [0.25, 0.3) is 0 Å². The van der Waals surface area contributed by atoms with Crippen molar-refractivity contribution in [3.63, 3.8) is 0 Å². The Morgan fingerprint density at radius 3 is 2.19 bits per heavy atom. The number of carbonyl (C=O) groups excluding carboxylic acids is 1. The number of methoxy groups -OCH3 is 1. The number of aliphatic hydroxyl groups is 8. The van der Waals surface area contributed by atoms with E-state index >= 15 is 0 Å². The highest BCUT2D eigenvalue weighted by Gasteiger charge is 2.68. The Labute approximate surface area is 344 Å². The summed E-state index contributed by atoms with van der Waals surface area (Å²) in [5.74, 6) is 0.957. The highest BCUT2D eigenvalue weighted by Crippen LogP contribution is 2.70. The van der Waals surface area contributed by atoms with E-state index in [0.717, 1.165) is 63.4 Å². The number of aliphatic hydroxyl groups excluding tert-OH is 7. The van der Waals surface area contributed by atoms with Gasteiger partial charge < -0.3 is 78.7 Å². The molecule has 336 valence electrons. The zero-order valence-electron chi connectivity index (χ0n) is 34.5. The lowest BCUT2D eigenvalue weighted by atomic mass is 9.43. The van der Waals surface area contributed by atoms with Gasteiger partial charge in [-0.25, -0.2) is 4.79 Å². The summed E-state index contributed by atoms with van der Waals surface area (Å²) in [5.41, 5.74) is 0.0761. The largest absolute Gasteiger partial charge is 0.458 e. The van der Waals surface area contributed by atoms with Crippen LogP contribution in [-0.2, 0) is 42.7 Å². The smallest absolute Gasteiger partial charge is 0.331 e. The SMILES string of the molecule is CO[C@@H]1C[C@H](O[C@H]2CC[C@@]3(C)[C@H](CC[C@@H]4[C@@H]3CC[C@]3(C)[C@H](C5=CC(=O)OC5)CC[C@]43O)C2)O[C@@H](C)[C@@H]1O[C@@H]1O[C@H](CO[C@@H]2O[C@H](CO)[C@@H](O)[C@H](O)[C@H]2O)[C@@H](O)[C@H](O)[C@H]1O. The molecule has 8 rings (SSSR count). The maximum atomic E-state index is 12.6. The molecule has 17 heteroatoms. The number of carbonyl (C=O) groups is 1. The topological polar surface area (TPSA) is 253 Å². The number of hydrogen-bond donors (Lipinski definition) is 8. The van der Waals surface area contributed by atoms with Crippen molar-refractivity contribution in [3.05, 3.63) is 11.6 Å². The van der Waals surface area contributed by atoms with Gasteiger partial charge in [0.05, 0.1) is 37.1 Å². The first-order valence-electron chi connectivity index (χ1n) is 21.7. The number of rotatable bonds is 10. The van der Waals surface area contributed by atoms with Crippen LogP contribution in [0.2, 0.25) is 0 Å². The first-order valence-corrected chi connectivity index (χ1v) is 21.7. The van der Waals surface area contributed by atoms with Gasteiger partial charge in [-0.3, -0.25) is 0 Å². The van der Waals surface area contributed by atoms with Gasteiger partial charge in [0, 0.05) is 25.0 Å². The standard InChI is InChI=1S/C42H66O17/c1-19-37(59-39-36(50)34(48)32(46)28(58-39)18-54-38-35(49)33(47)31(45)27(16-43)57-38)26(52-4)15-30(55-19)56-22-7-10-40(2)21(14-22)5-6-25-24(40)8-11-41(3)23(9-12-42(25,41)51)20-13-29(44)53-17-20/h13,19,21-28,30-39,43,45-51H,5-12,14-18H2,1-4H3/t19-,21+,22-,23-,24-,25+,26+,27+,28+,30-,31+,32+,33-,34-,35+,36+,37-,38+,39-,40-,41+,42-/m0/s1. The van der Waals surface area contributed by atoms with Crippen LogP contribution in [0.4, 0.5) is 0 Å². The van der Waals surface area contributed by atoms with Gasteiger partial charge in [-0.1, -0.05) is 13.8 Å². The molecule has 17 nitrogen and oxygen atoms in total. The third-order valence-corrected chi connectivity index (χ3v) is 16.4. The van der Waals surface area contributed by atoms with Gasteiger partial charge in [-0.05, 0) is 99.4 Å². The number of hydrogen-bond acceptors (Lipinski definition) is 17. The molecule has 0 spiro atoms. The molecule has 8 aliphatic rings. The molecule has 0 aromatic rings. The summed E-state index contributed by atoms with van der Waals surface area (Å²) >= 11 is 0. The molecule has 0 amide bonds. The summed E-state index contributed by atoms with van der Waals surface area (Å²) in [7, 11) is 1.54. The predicted molar refractivity (Wildman–Crippen MR) is 202 cm³/mol. The highest BCUT2D eigenvalue weighted by molar-refractivity contribution is 5.85. The van der Waals surface area contributed by atoms with Crippen LogP contribution in [0.1, 0.15) is 85.0 Å². The summed E-state index contributed by atoms with van der Waals surface area (Å²) in [6, 6.07) is 0. The number of esters is 1. The van der Waals surface area contributed by atoms with Crippen LogP contribution < -0.4 is 0 Å². The molecule has 0 radical (unpaired) electrons. The van der Waals surface area contributed by atoms with Gasteiger partial charge in [-0.2, -0.15) is 0 Å². The predicted octanol–water partition coefficient (Wildman–Crippen LogP) is -0.212. The van der Waals surface area contributed by atoms with Crippen molar-refractivity contribution in [3.8, 4) is 0 Å². The molecule has 22 atom stereocenters. The fourth-order valence-electron chi connectivity index (χ4n) is 12.9. The molecule has 0 aromatic heterocycles. The highest BCUT2D eigenvalue weighted by atomic mass is 16.8. The van der Waals surface area contributed by atoms with Crippen LogP contribution in [0.25, 0.3) is 0 Å². The molecule has 59 heavy (non-hydrogen) atoms. The van der Waals surface area contributed by atoms with E-state index in [1.54, 1.807) is 20.1 Å². The van der Waals surface area contributed by atoms with Crippen molar-refractivity contribution >= 4 is 5.97 Å². The summed E-state index contributed by atoms with van der Waals surface area (Å²) in [6.45, 7) is 5.69. The Hall–Kier alpha value is -1.39. The van der Waals surface area contributed by atoms with Crippen LogP contribution in [0.15, 0.2) is 11.6 Å². The monoisotopic (exact) mass is 842 g/mol. The Morgan fingerprint density at radius 2 is 1.49 bits per heavy atom. The van der Waals surface area contributed by atoms with Crippen LogP contribution in [0, 0.1) is 34.5 Å². The Bertz CT molecular complexity index is 1530. The van der Waals surface area contributed by atoms with E-state index in [4.69, 9.17) is 37.9 Å². The lowest BCUT2D eigenvalue weighted by molar-refractivity contribution is -0.355. The van der Waals surface area contributed by atoms with Crippen molar-refractivity contribution in [2.45, 2.75) is 183 Å². The fraction of sp³-hybridized carbons (Fsp3) is 0.929. The zero-order valence-corrected chi connectivity index (χ0v) is 34.5. The Morgan fingerprint density at radius 1 is 0.780 bits per heavy atom. The van der Waals surface area contributed by atoms with Gasteiger partial charge >= 0.3 is 5.97 Å². The van der Waals surface area contributed by atoms with Crippen LogP contribution in [-0.4, -0.2) is 171 Å². The molecule has 0 unspecified atom stereocenters. The molecule has 7 fully saturated rings. The zero-order chi connectivity index (χ0) is 42.2. The lowest BCUT2D eigenvalue weighted by Gasteiger charge is -2.64.